The van der Waals surface area contributed by atoms with Crippen LogP contribution in [0.25, 0.3) is 0 Å². The van der Waals surface area contributed by atoms with Crippen LogP contribution in [0.15, 0.2) is 35.5 Å². The van der Waals surface area contributed by atoms with E-state index in [-0.39, 0.29) is 24.3 Å². The van der Waals surface area contributed by atoms with Gasteiger partial charge in [0.2, 0.25) is 0 Å². The second kappa shape index (κ2) is 9.48. The zero-order valence-corrected chi connectivity index (χ0v) is 14.0. The molecule has 4 nitrogen and oxygen atoms in total. The Kier molecular flexibility index (Phi) is 7.02. The molecule has 0 aliphatic carbocycles. The number of terminal acetylenes is 1. The van der Waals surface area contributed by atoms with Gasteiger partial charge in [-0.3, -0.25) is 0 Å². The van der Waals surface area contributed by atoms with E-state index in [1.165, 1.54) is 12.1 Å². The summed E-state index contributed by atoms with van der Waals surface area (Å²) in [6, 6.07) is 5.81. The van der Waals surface area contributed by atoms with Gasteiger partial charge in [-0.2, -0.15) is 4.98 Å². The van der Waals surface area contributed by atoms with Gasteiger partial charge >= 0.3 is 6.01 Å². The maximum absolute atomic E-state index is 13.9. The number of nitrogens with zero attached hydrogens (tertiary/aromatic N) is 3. The Bertz CT molecular complexity index is 767. The first kappa shape index (κ1) is 18.5. The van der Waals surface area contributed by atoms with E-state index in [9.17, 15) is 8.78 Å². The molecule has 25 heavy (non-hydrogen) atoms. The van der Waals surface area contributed by atoms with Crippen LogP contribution in [0.4, 0.5) is 14.6 Å². The van der Waals surface area contributed by atoms with Crippen LogP contribution < -0.4 is 4.74 Å². The van der Waals surface area contributed by atoms with Crippen molar-refractivity contribution in [2.45, 2.75) is 39.2 Å². The Morgan fingerprint density at radius 1 is 1.24 bits per heavy atom. The van der Waals surface area contributed by atoms with E-state index in [1.807, 2.05) is 0 Å². The Hall–Kier alpha value is -2.81. The predicted molar refractivity (Wildman–Crippen MR) is 92.8 cm³/mol. The molecule has 6 heteroatoms. The number of unbranched alkanes of at least 4 members (excludes halogenated alkanes) is 2. The lowest BCUT2D eigenvalue weighted by Crippen LogP contribution is -2.01. The van der Waals surface area contributed by atoms with Crippen LogP contribution in [-0.2, 0) is 6.61 Å². The lowest BCUT2D eigenvalue weighted by atomic mass is 10.1. The molecule has 0 saturated heterocycles. The monoisotopic (exact) mass is 343 g/mol. The molecule has 0 radical (unpaired) electrons. The van der Waals surface area contributed by atoms with Crippen molar-refractivity contribution in [1.82, 2.24) is 9.97 Å². The van der Waals surface area contributed by atoms with Crippen molar-refractivity contribution >= 4 is 11.5 Å². The summed E-state index contributed by atoms with van der Waals surface area (Å²) < 4.78 is 32.1. The SMILES string of the molecule is C#CC(CCCCC)=Nc1nc(OCc2ccc(F)cc2)ncc1F. The van der Waals surface area contributed by atoms with Gasteiger partial charge < -0.3 is 4.74 Å². The highest BCUT2D eigenvalue weighted by Gasteiger charge is 2.09. The lowest BCUT2D eigenvalue weighted by Gasteiger charge is -2.06. The van der Waals surface area contributed by atoms with Gasteiger partial charge in [0.1, 0.15) is 12.4 Å². The second-order valence-electron chi connectivity index (χ2n) is 5.40. The summed E-state index contributed by atoms with van der Waals surface area (Å²) in [4.78, 5) is 11.8. The summed E-state index contributed by atoms with van der Waals surface area (Å²) in [5, 5.41) is 0. The van der Waals surface area contributed by atoms with E-state index >= 15 is 0 Å². The van der Waals surface area contributed by atoms with E-state index in [1.54, 1.807) is 12.1 Å². The van der Waals surface area contributed by atoms with E-state index < -0.39 is 5.82 Å². The number of hydrogen-bond acceptors (Lipinski definition) is 4. The maximum Gasteiger partial charge on any atom is 0.318 e. The summed E-state index contributed by atoms with van der Waals surface area (Å²) in [5.74, 6) is 1.32. The molecule has 0 atom stereocenters. The van der Waals surface area contributed by atoms with E-state index in [0.717, 1.165) is 31.0 Å². The first-order valence-electron chi connectivity index (χ1n) is 8.06. The normalized spacial score (nSPS) is 11.2. The average Bonchev–Trinajstić information content (AvgIpc) is 2.62. The number of hydrogen-bond donors (Lipinski definition) is 0. The predicted octanol–water partition coefficient (Wildman–Crippen LogP) is 4.62. The standard InChI is InChI=1S/C19H19F2N3O/c1-3-5-6-7-16(4-2)23-18-17(21)12-22-19(24-18)25-13-14-8-10-15(20)11-9-14/h2,8-12H,3,5-7,13H2,1H3. The van der Waals surface area contributed by atoms with Crippen molar-refractivity contribution < 1.29 is 13.5 Å². The quantitative estimate of drug-likeness (QED) is 0.399. The minimum Gasteiger partial charge on any atom is -0.459 e. The summed E-state index contributed by atoms with van der Waals surface area (Å²) in [5.41, 5.74) is 1.18. The zero-order valence-electron chi connectivity index (χ0n) is 14.0. The minimum atomic E-state index is -0.669. The largest absolute Gasteiger partial charge is 0.459 e. The van der Waals surface area contributed by atoms with Crippen molar-refractivity contribution in [2.75, 3.05) is 0 Å². The molecule has 0 aliphatic rings. The molecule has 130 valence electrons. The molecule has 0 spiro atoms. The number of benzene rings is 1. The zero-order chi connectivity index (χ0) is 18.1. The molecular weight excluding hydrogens is 324 g/mol. The van der Waals surface area contributed by atoms with Crippen LogP contribution in [-0.4, -0.2) is 15.7 Å². The van der Waals surface area contributed by atoms with Crippen LogP contribution in [0.3, 0.4) is 0 Å². The van der Waals surface area contributed by atoms with Gasteiger partial charge in [-0.15, -0.1) is 6.42 Å². The Morgan fingerprint density at radius 3 is 2.68 bits per heavy atom. The average molecular weight is 343 g/mol. The molecule has 1 heterocycles. The van der Waals surface area contributed by atoms with Crippen molar-refractivity contribution in [3.8, 4) is 18.4 Å². The first-order chi connectivity index (χ1) is 12.1. The number of halogens is 2. The topological polar surface area (TPSA) is 47.4 Å². The fourth-order valence-electron chi connectivity index (χ4n) is 2.05. The van der Waals surface area contributed by atoms with Gasteiger partial charge in [-0.1, -0.05) is 37.8 Å². The molecule has 0 aliphatic heterocycles. The molecule has 0 unspecified atom stereocenters. The minimum absolute atomic E-state index is 0.0191. The van der Waals surface area contributed by atoms with Gasteiger partial charge in [0.25, 0.3) is 0 Å². The summed E-state index contributed by atoms with van der Waals surface area (Å²) in [6.07, 6.45) is 9.99. The molecule has 0 amide bonds. The Balaban J connectivity index is 2.08. The first-order valence-corrected chi connectivity index (χ1v) is 8.06. The summed E-state index contributed by atoms with van der Waals surface area (Å²) >= 11 is 0. The van der Waals surface area contributed by atoms with E-state index in [0.29, 0.717) is 12.1 Å². The number of aliphatic imine (C=N–C) groups is 1. The van der Waals surface area contributed by atoms with Crippen LogP contribution in [0.5, 0.6) is 6.01 Å². The van der Waals surface area contributed by atoms with Crippen molar-refractivity contribution in [3.63, 3.8) is 0 Å². The molecule has 1 aromatic heterocycles. The van der Waals surface area contributed by atoms with Crippen LogP contribution in [0, 0.1) is 24.0 Å². The smallest absolute Gasteiger partial charge is 0.318 e. The number of rotatable bonds is 8. The molecule has 0 N–H and O–H groups in total. The summed E-state index contributed by atoms with van der Waals surface area (Å²) in [7, 11) is 0. The van der Waals surface area contributed by atoms with Gasteiger partial charge in [-0.25, -0.2) is 18.8 Å². The fourth-order valence-corrected chi connectivity index (χ4v) is 2.05. The lowest BCUT2D eigenvalue weighted by molar-refractivity contribution is 0.279. The van der Waals surface area contributed by atoms with Gasteiger partial charge in [0, 0.05) is 0 Å². The second-order valence-corrected chi connectivity index (χ2v) is 5.40. The van der Waals surface area contributed by atoms with Gasteiger partial charge in [0.05, 0.1) is 11.9 Å². The van der Waals surface area contributed by atoms with E-state index in [4.69, 9.17) is 11.2 Å². The van der Waals surface area contributed by atoms with Crippen LogP contribution in [0.1, 0.15) is 38.2 Å². The van der Waals surface area contributed by atoms with E-state index in [2.05, 4.69) is 27.8 Å². The highest BCUT2D eigenvalue weighted by atomic mass is 19.1. The van der Waals surface area contributed by atoms with Crippen LogP contribution >= 0.6 is 0 Å². The maximum atomic E-state index is 13.9. The van der Waals surface area contributed by atoms with Crippen molar-refractivity contribution in [3.05, 3.63) is 47.7 Å². The van der Waals surface area contributed by atoms with Crippen molar-refractivity contribution in [1.29, 1.82) is 0 Å². The highest BCUT2D eigenvalue weighted by molar-refractivity contribution is 6.01. The fraction of sp³-hybridized carbons (Fsp3) is 0.316. The summed E-state index contributed by atoms with van der Waals surface area (Å²) in [6.45, 7) is 2.22. The Labute approximate surface area is 146 Å². The third kappa shape index (κ3) is 5.96. The van der Waals surface area contributed by atoms with Crippen molar-refractivity contribution in [2.24, 2.45) is 4.99 Å². The number of aromatic nitrogens is 2. The highest BCUT2D eigenvalue weighted by Crippen LogP contribution is 2.18. The van der Waals surface area contributed by atoms with Crippen LogP contribution in [0.2, 0.25) is 0 Å². The molecule has 0 saturated carbocycles. The molecule has 2 rings (SSSR count). The molecule has 2 aromatic rings. The van der Waals surface area contributed by atoms with Gasteiger partial charge in [0.15, 0.2) is 11.6 Å². The third-order valence-electron chi connectivity index (χ3n) is 3.41. The number of ether oxygens (including phenoxy) is 1. The third-order valence-corrected chi connectivity index (χ3v) is 3.41. The van der Waals surface area contributed by atoms with Gasteiger partial charge in [-0.05, 0) is 30.5 Å². The molecular formula is C19H19F2N3O. The molecule has 0 fully saturated rings. The Morgan fingerprint density at radius 2 is 2.00 bits per heavy atom. The molecule has 1 aromatic carbocycles. The molecule has 0 bridgehead atoms.